The third-order valence-corrected chi connectivity index (χ3v) is 5.62. The zero-order valence-electron chi connectivity index (χ0n) is 12.8. The van der Waals surface area contributed by atoms with Gasteiger partial charge >= 0.3 is 0 Å². The van der Waals surface area contributed by atoms with Gasteiger partial charge in [-0.15, -0.1) is 0 Å². The second-order valence-corrected chi connectivity index (χ2v) is 7.39. The van der Waals surface area contributed by atoms with Gasteiger partial charge < -0.3 is 4.74 Å². The molecule has 0 aromatic carbocycles. The summed E-state index contributed by atoms with van der Waals surface area (Å²) < 4.78 is 38.8. The maximum atomic E-state index is 11.7. The molecule has 4 nitrogen and oxygen atoms in total. The molecule has 0 bridgehead atoms. The van der Waals surface area contributed by atoms with Crippen LogP contribution in [0.1, 0.15) is 0 Å². The number of rotatable bonds is 4. The summed E-state index contributed by atoms with van der Waals surface area (Å²) in [6, 6.07) is 0. The average Bonchev–Trinajstić information content (AvgIpc) is 2.57. The van der Waals surface area contributed by atoms with E-state index in [2.05, 4.69) is 12.7 Å². The van der Waals surface area contributed by atoms with Gasteiger partial charge in [-0.1, -0.05) is 49.1 Å². The highest BCUT2D eigenvalue weighted by Crippen LogP contribution is 2.51. The van der Waals surface area contributed by atoms with E-state index in [1.807, 2.05) is 24.3 Å². The van der Waals surface area contributed by atoms with Crippen molar-refractivity contribution in [2.24, 2.45) is 11.8 Å². The summed E-state index contributed by atoms with van der Waals surface area (Å²) in [6.45, 7) is 4.08. The minimum atomic E-state index is -4.26. The Bertz CT molecular complexity index is 949. The highest BCUT2D eigenvalue weighted by molar-refractivity contribution is 7.90. The summed E-state index contributed by atoms with van der Waals surface area (Å²) in [7, 11) is -4.26. The van der Waals surface area contributed by atoms with E-state index in [0.717, 1.165) is 22.5 Å². The maximum Gasteiger partial charge on any atom is 0.294 e. The van der Waals surface area contributed by atoms with Gasteiger partial charge in [0.1, 0.15) is 12.4 Å². The van der Waals surface area contributed by atoms with Crippen molar-refractivity contribution < 1.29 is 17.7 Å². The lowest BCUT2D eigenvalue weighted by atomic mass is 9.64. The van der Waals surface area contributed by atoms with Crippen molar-refractivity contribution in [2.45, 2.75) is 0 Å². The molecule has 5 heteroatoms. The second-order valence-electron chi connectivity index (χ2n) is 6.00. The monoisotopic (exact) mass is 340 g/mol. The van der Waals surface area contributed by atoms with Crippen LogP contribution in [-0.4, -0.2) is 19.6 Å². The molecule has 122 valence electrons. The molecule has 0 saturated carbocycles. The van der Waals surface area contributed by atoms with Crippen LogP contribution in [0, 0.1) is 11.8 Å². The minimum absolute atomic E-state index is 0.00323. The standard InChI is InChI=1S/C19H16O4S/c1-2-11-23-16-9-5-12-3-4-13-6-10-17(24(20,21)22)15-8-7-14(16)18(12)19(13)15/h2-10,18-19H,1,11H2,(H,20,21,22). The van der Waals surface area contributed by atoms with Crippen molar-refractivity contribution in [1.29, 1.82) is 0 Å². The van der Waals surface area contributed by atoms with Gasteiger partial charge in [-0.05, 0) is 28.9 Å². The zero-order chi connectivity index (χ0) is 16.9. The van der Waals surface area contributed by atoms with Crippen LogP contribution in [0.3, 0.4) is 0 Å². The van der Waals surface area contributed by atoms with E-state index < -0.39 is 10.1 Å². The first-order chi connectivity index (χ1) is 11.5. The van der Waals surface area contributed by atoms with E-state index in [1.165, 1.54) is 6.08 Å². The first-order valence-corrected chi connectivity index (χ1v) is 9.10. The first kappa shape index (κ1) is 15.2. The fourth-order valence-electron chi connectivity index (χ4n) is 3.73. The molecule has 0 amide bonds. The Balaban J connectivity index is 1.93. The number of hydrogen-bond acceptors (Lipinski definition) is 3. The molecular weight excluding hydrogens is 324 g/mol. The van der Waals surface area contributed by atoms with Crippen LogP contribution in [0.15, 0.2) is 94.2 Å². The van der Waals surface area contributed by atoms with Crippen LogP contribution in [0.4, 0.5) is 0 Å². The molecule has 4 aliphatic rings. The van der Waals surface area contributed by atoms with E-state index in [1.54, 1.807) is 18.2 Å². The molecule has 24 heavy (non-hydrogen) atoms. The molecule has 2 unspecified atom stereocenters. The van der Waals surface area contributed by atoms with Gasteiger partial charge in [0.15, 0.2) is 0 Å². The molecule has 2 atom stereocenters. The molecule has 0 aromatic heterocycles. The van der Waals surface area contributed by atoms with Crippen molar-refractivity contribution in [3.8, 4) is 0 Å². The summed E-state index contributed by atoms with van der Waals surface area (Å²) in [5.74, 6) is 0.646. The lowest BCUT2D eigenvalue weighted by molar-refractivity contribution is 0.253. The van der Waals surface area contributed by atoms with Crippen LogP contribution >= 0.6 is 0 Å². The van der Waals surface area contributed by atoms with Gasteiger partial charge in [0.2, 0.25) is 0 Å². The van der Waals surface area contributed by atoms with E-state index >= 15 is 0 Å². The van der Waals surface area contributed by atoms with Crippen molar-refractivity contribution in [3.63, 3.8) is 0 Å². The predicted octanol–water partition coefficient (Wildman–Crippen LogP) is 3.39. The quantitative estimate of drug-likeness (QED) is 0.629. The van der Waals surface area contributed by atoms with Gasteiger partial charge in [0, 0.05) is 17.4 Å². The molecule has 0 saturated heterocycles. The van der Waals surface area contributed by atoms with Crippen LogP contribution < -0.4 is 0 Å². The number of allylic oxidation sites excluding steroid dienone is 12. The summed E-state index contributed by atoms with van der Waals surface area (Å²) in [5, 5.41) is 0. The van der Waals surface area contributed by atoms with E-state index in [0.29, 0.717) is 12.2 Å². The Morgan fingerprint density at radius 1 is 1.00 bits per heavy atom. The Labute approximate surface area is 141 Å². The molecular formula is C19H16O4S. The van der Waals surface area contributed by atoms with Crippen molar-refractivity contribution >= 4 is 10.1 Å². The SMILES string of the molecule is C=CCOC1=C2C=CC3=C(S(=O)(=O)O)C=CC4=CC=C(C=C1)C2C43. The van der Waals surface area contributed by atoms with E-state index in [-0.39, 0.29) is 16.7 Å². The normalized spacial score (nSPS) is 26.9. The Kier molecular flexibility index (Phi) is 3.37. The first-order valence-electron chi connectivity index (χ1n) is 7.66. The molecule has 4 rings (SSSR count). The van der Waals surface area contributed by atoms with Gasteiger partial charge in [-0.3, -0.25) is 4.55 Å². The Morgan fingerprint density at radius 3 is 2.29 bits per heavy atom. The molecule has 0 fully saturated rings. The van der Waals surface area contributed by atoms with Crippen LogP contribution in [0.5, 0.6) is 0 Å². The molecule has 4 aliphatic carbocycles. The molecule has 0 spiro atoms. The van der Waals surface area contributed by atoms with Crippen molar-refractivity contribution in [1.82, 2.24) is 0 Å². The molecule has 0 radical (unpaired) electrons. The average molecular weight is 340 g/mol. The zero-order valence-corrected chi connectivity index (χ0v) is 13.7. The Hall–Kier alpha value is -2.37. The topological polar surface area (TPSA) is 63.6 Å². The maximum absolute atomic E-state index is 11.7. The Morgan fingerprint density at radius 2 is 1.62 bits per heavy atom. The molecule has 0 heterocycles. The lowest BCUT2D eigenvalue weighted by Crippen LogP contribution is -2.31. The minimum Gasteiger partial charge on any atom is -0.489 e. The van der Waals surface area contributed by atoms with Gasteiger partial charge in [-0.25, -0.2) is 0 Å². The number of hydrogen-bond donors (Lipinski definition) is 1. The van der Waals surface area contributed by atoms with Gasteiger partial charge in [0.25, 0.3) is 10.1 Å². The molecule has 0 aromatic rings. The van der Waals surface area contributed by atoms with E-state index in [4.69, 9.17) is 4.74 Å². The van der Waals surface area contributed by atoms with E-state index in [9.17, 15) is 13.0 Å². The van der Waals surface area contributed by atoms with Gasteiger partial charge in [0.05, 0.1) is 4.91 Å². The highest BCUT2D eigenvalue weighted by Gasteiger charge is 2.41. The fourth-order valence-corrected chi connectivity index (χ4v) is 4.46. The summed E-state index contributed by atoms with van der Waals surface area (Å²) in [4.78, 5) is -0.0238. The summed E-state index contributed by atoms with van der Waals surface area (Å²) >= 11 is 0. The smallest absolute Gasteiger partial charge is 0.294 e. The van der Waals surface area contributed by atoms with Crippen LogP contribution in [-0.2, 0) is 14.9 Å². The highest BCUT2D eigenvalue weighted by atomic mass is 32.2. The predicted molar refractivity (Wildman–Crippen MR) is 92.3 cm³/mol. The molecule has 1 N–H and O–H groups in total. The molecule has 0 aliphatic heterocycles. The fraction of sp³-hybridized carbons (Fsp3) is 0.158. The van der Waals surface area contributed by atoms with Gasteiger partial charge in [-0.2, -0.15) is 8.42 Å². The summed E-state index contributed by atoms with van der Waals surface area (Å²) in [5.41, 5.74) is 3.79. The largest absolute Gasteiger partial charge is 0.489 e. The van der Waals surface area contributed by atoms with Crippen LogP contribution in [0.25, 0.3) is 0 Å². The lowest BCUT2D eigenvalue weighted by Gasteiger charge is -2.40. The van der Waals surface area contributed by atoms with Crippen LogP contribution in [0.2, 0.25) is 0 Å². The second kappa shape index (κ2) is 5.33. The van der Waals surface area contributed by atoms with Crippen molar-refractivity contribution in [2.75, 3.05) is 6.61 Å². The third-order valence-electron chi connectivity index (χ3n) is 4.69. The summed E-state index contributed by atoms with van der Waals surface area (Å²) in [6.07, 6.45) is 16.6. The van der Waals surface area contributed by atoms with Crippen molar-refractivity contribution in [3.05, 3.63) is 94.2 Å². The number of ether oxygens (including phenoxy) is 1. The third kappa shape index (κ3) is 2.20.